The Morgan fingerprint density at radius 2 is 1.85 bits per heavy atom. The summed E-state index contributed by atoms with van der Waals surface area (Å²) < 4.78 is 12.7. The molecule has 2 aromatic rings. The summed E-state index contributed by atoms with van der Waals surface area (Å²) in [5, 5.41) is 3.44. The quantitative estimate of drug-likeness (QED) is 0.849. The molecule has 0 unspecified atom stereocenters. The molecule has 2 aromatic carbocycles. The van der Waals surface area contributed by atoms with Gasteiger partial charge in [0, 0.05) is 16.5 Å². The standard InChI is InChI=1S/C15H13ClFNOS/c16-14-4-2-1-3-11(14)9-18-15(19)10-20-13-7-5-12(17)6-8-13/h1-8H,9-10H2,(H,18,19). The second-order valence-corrected chi connectivity index (χ2v) is 5.57. The molecule has 0 aliphatic carbocycles. The molecule has 0 aliphatic rings. The minimum atomic E-state index is -0.280. The summed E-state index contributed by atoms with van der Waals surface area (Å²) in [6.45, 7) is 0.405. The fourth-order valence-electron chi connectivity index (χ4n) is 1.57. The van der Waals surface area contributed by atoms with Crippen molar-refractivity contribution in [1.29, 1.82) is 0 Å². The van der Waals surface area contributed by atoms with Gasteiger partial charge < -0.3 is 5.32 Å². The number of hydrogen-bond donors (Lipinski definition) is 1. The maximum absolute atomic E-state index is 12.7. The van der Waals surface area contributed by atoms with Crippen LogP contribution in [-0.4, -0.2) is 11.7 Å². The van der Waals surface area contributed by atoms with Crippen LogP contribution >= 0.6 is 23.4 Å². The van der Waals surface area contributed by atoms with E-state index in [4.69, 9.17) is 11.6 Å². The monoisotopic (exact) mass is 309 g/mol. The molecule has 20 heavy (non-hydrogen) atoms. The van der Waals surface area contributed by atoms with Crippen LogP contribution in [-0.2, 0) is 11.3 Å². The molecule has 2 nitrogen and oxygen atoms in total. The first-order chi connectivity index (χ1) is 9.65. The van der Waals surface area contributed by atoms with Crippen LogP contribution in [0.5, 0.6) is 0 Å². The van der Waals surface area contributed by atoms with Crippen LogP contribution in [0, 0.1) is 5.82 Å². The average Bonchev–Trinajstić information content (AvgIpc) is 2.46. The lowest BCUT2D eigenvalue weighted by atomic mass is 10.2. The molecule has 2 rings (SSSR count). The Hall–Kier alpha value is -1.52. The first kappa shape index (κ1) is 14.9. The van der Waals surface area contributed by atoms with E-state index in [1.807, 2.05) is 18.2 Å². The van der Waals surface area contributed by atoms with Crippen LogP contribution < -0.4 is 5.32 Å². The molecular formula is C15H13ClFNOS. The van der Waals surface area contributed by atoms with Crippen molar-refractivity contribution in [2.45, 2.75) is 11.4 Å². The van der Waals surface area contributed by atoms with Gasteiger partial charge in [-0.15, -0.1) is 11.8 Å². The Balaban J connectivity index is 1.78. The van der Waals surface area contributed by atoms with E-state index >= 15 is 0 Å². The van der Waals surface area contributed by atoms with Crippen molar-refractivity contribution < 1.29 is 9.18 Å². The van der Waals surface area contributed by atoms with Crippen LogP contribution in [0.4, 0.5) is 4.39 Å². The highest BCUT2D eigenvalue weighted by Gasteiger charge is 2.04. The maximum Gasteiger partial charge on any atom is 0.230 e. The third kappa shape index (κ3) is 4.54. The minimum absolute atomic E-state index is 0.0840. The van der Waals surface area contributed by atoms with Crippen molar-refractivity contribution in [3.63, 3.8) is 0 Å². The van der Waals surface area contributed by atoms with E-state index in [-0.39, 0.29) is 17.5 Å². The summed E-state index contributed by atoms with van der Waals surface area (Å²) >= 11 is 7.37. The van der Waals surface area contributed by atoms with Gasteiger partial charge in [-0.3, -0.25) is 4.79 Å². The van der Waals surface area contributed by atoms with E-state index in [0.717, 1.165) is 10.5 Å². The molecule has 0 saturated heterocycles. The lowest BCUT2D eigenvalue weighted by Gasteiger charge is -2.06. The molecule has 0 spiro atoms. The predicted octanol–water partition coefficient (Wildman–Crippen LogP) is 3.89. The summed E-state index contributed by atoms with van der Waals surface area (Å²) in [4.78, 5) is 12.6. The van der Waals surface area contributed by atoms with Gasteiger partial charge in [-0.05, 0) is 35.9 Å². The zero-order valence-corrected chi connectivity index (χ0v) is 12.2. The third-order valence-corrected chi connectivity index (χ3v) is 4.00. The van der Waals surface area contributed by atoms with E-state index in [9.17, 15) is 9.18 Å². The van der Waals surface area contributed by atoms with Gasteiger partial charge in [0.2, 0.25) is 5.91 Å². The zero-order chi connectivity index (χ0) is 14.4. The van der Waals surface area contributed by atoms with Gasteiger partial charge >= 0.3 is 0 Å². The Morgan fingerprint density at radius 3 is 2.55 bits per heavy atom. The van der Waals surface area contributed by atoms with Gasteiger partial charge in [0.1, 0.15) is 5.82 Å². The molecule has 0 fully saturated rings. The van der Waals surface area contributed by atoms with Gasteiger partial charge in [-0.1, -0.05) is 29.8 Å². The highest BCUT2D eigenvalue weighted by atomic mass is 35.5. The number of benzene rings is 2. The number of halogens is 2. The number of rotatable bonds is 5. The molecule has 1 amide bonds. The molecular weight excluding hydrogens is 297 g/mol. The van der Waals surface area contributed by atoms with Gasteiger partial charge in [-0.2, -0.15) is 0 Å². The number of nitrogens with one attached hydrogen (secondary N) is 1. The molecule has 0 radical (unpaired) electrons. The highest BCUT2D eigenvalue weighted by molar-refractivity contribution is 8.00. The van der Waals surface area contributed by atoms with Gasteiger partial charge in [0.15, 0.2) is 0 Å². The Kier molecular flexibility index (Phi) is 5.44. The van der Waals surface area contributed by atoms with Crippen molar-refractivity contribution in [1.82, 2.24) is 5.32 Å². The van der Waals surface area contributed by atoms with E-state index < -0.39 is 0 Å². The van der Waals surface area contributed by atoms with Crippen LogP contribution in [0.3, 0.4) is 0 Å². The van der Waals surface area contributed by atoms with Crippen molar-refractivity contribution in [3.8, 4) is 0 Å². The normalized spacial score (nSPS) is 10.3. The maximum atomic E-state index is 12.7. The average molecular weight is 310 g/mol. The van der Waals surface area contributed by atoms with E-state index in [0.29, 0.717) is 11.6 Å². The number of carbonyl (C=O) groups is 1. The molecule has 0 aromatic heterocycles. The van der Waals surface area contributed by atoms with Crippen LogP contribution in [0.1, 0.15) is 5.56 Å². The second kappa shape index (κ2) is 7.31. The molecule has 0 bridgehead atoms. The SMILES string of the molecule is O=C(CSc1ccc(F)cc1)NCc1ccccc1Cl. The van der Waals surface area contributed by atoms with Gasteiger partial charge in [0.05, 0.1) is 5.75 Å². The first-order valence-corrected chi connectivity index (χ1v) is 7.40. The first-order valence-electron chi connectivity index (χ1n) is 6.03. The smallest absolute Gasteiger partial charge is 0.230 e. The second-order valence-electron chi connectivity index (χ2n) is 4.11. The van der Waals surface area contributed by atoms with E-state index in [1.54, 1.807) is 18.2 Å². The van der Waals surface area contributed by atoms with Gasteiger partial charge in [0.25, 0.3) is 0 Å². The van der Waals surface area contributed by atoms with E-state index in [1.165, 1.54) is 23.9 Å². The molecule has 0 saturated carbocycles. The zero-order valence-electron chi connectivity index (χ0n) is 10.6. The van der Waals surface area contributed by atoms with Crippen molar-refractivity contribution >= 4 is 29.3 Å². The van der Waals surface area contributed by atoms with Gasteiger partial charge in [-0.25, -0.2) is 4.39 Å². The van der Waals surface area contributed by atoms with Crippen molar-refractivity contribution in [2.75, 3.05) is 5.75 Å². The van der Waals surface area contributed by atoms with Crippen LogP contribution in [0.25, 0.3) is 0 Å². The molecule has 0 aliphatic heterocycles. The fraction of sp³-hybridized carbons (Fsp3) is 0.133. The van der Waals surface area contributed by atoms with Crippen molar-refractivity contribution in [3.05, 3.63) is 64.9 Å². The molecule has 104 valence electrons. The summed E-state index contributed by atoms with van der Waals surface area (Å²) in [7, 11) is 0. The predicted molar refractivity (Wildman–Crippen MR) is 80.4 cm³/mol. The topological polar surface area (TPSA) is 29.1 Å². The summed E-state index contributed by atoms with van der Waals surface area (Å²) in [6, 6.07) is 13.4. The number of hydrogen-bond acceptors (Lipinski definition) is 2. The summed E-state index contributed by atoms with van der Waals surface area (Å²) in [6.07, 6.45) is 0. The number of amides is 1. The lowest BCUT2D eigenvalue weighted by molar-refractivity contribution is -0.118. The summed E-state index contributed by atoms with van der Waals surface area (Å²) in [5.41, 5.74) is 0.884. The third-order valence-electron chi connectivity index (χ3n) is 2.62. The fourth-order valence-corrected chi connectivity index (χ4v) is 2.50. The highest BCUT2D eigenvalue weighted by Crippen LogP contribution is 2.18. The van der Waals surface area contributed by atoms with Crippen LogP contribution in [0.2, 0.25) is 5.02 Å². The Labute approximate surface area is 126 Å². The molecule has 1 N–H and O–H groups in total. The lowest BCUT2D eigenvalue weighted by Crippen LogP contribution is -2.24. The largest absolute Gasteiger partial charge is 0.351 e. The number of thioether (sulfide) groups is 1. The van der Waals surface area contributed by atoms with Crippen LogP contribution in [0.15, 0.2) is 53.4 Å². The minimum Gasteiger partial charge on any atom is -0.351 e. The number of carbonyl (C=O) groups excluding carboxylic acids is 1. The molecule has 0 atom stereocenters. The van der Waals surface area contributed by atoms with E-state index in [2.05, 4.69) is 5.32 Å². The molecule has 5 heteroatoms. The van der Waals surface area contributed by atoms with Crippen molar-refractivity contribution in [2.24, 2.45) is 0 Å². The Morgan fingerprint density at radius 1 is 1.15 bits per heavy atom. The molecule has 0 heterocycles. The Bertz CT molecular complexity index is 589. The summed E-state index contributed by atoms with van der Waals surface area (Å²) in [5.74, 6) is -0.0763.